The van der Waals surface area contributed by atoms with Crippen molar-refractivity contribution in [2.75, 3.05) is 12.4 Å². The van der Waals surface area contributed by atoms with Gasteiger partial charge in [-0.25, -0.2) is 0 Å². The number of nitrogens with one attached hydrogen (secondary N) is 1. The molecule has 160 valence electrons. The van der Waals surface area contributed by atoms with Crippen LogP contribution in [-0.2, 0) is 4.79 Å². The second kappa shape index (κ2) is 9.77. The molecule has 32 heavy (non-hydrogen) atoms. The second-order valence-corrected chi connectivity index (χ2v) is 6.38. The van der Waals surface area contributed by atoms with Crippen LogP contribution in [0, 0.1) is 21.4 Å². The summed E-state index contributed by atoms with van der Waals surface area (Å²) in [5, 5.41) is 33.1. The number of carbonyl (C=O) groups excluding carboxylic acids is 1. The molecule has 9 nitrogen and oxygen atoms in total. The smallest absolute Gasteiger partial charge is 0.315 e. The van der Waals surface area contributed by atoms with Crippen LogP contribution in [0.3, 0.4) is 0 Å². The van der Waals surface area contributed by atoms with E-state index in [0.717, 1.165) is 12.1 Å². The molecule has 2 N–H and O–H groups in total. The number of aromatic hydroxyl groups is 1. The minimum absolute atomic E-state index is 0.131. The summed E-state index contributed by atoms with van der Waals surface area (Å²) in [6, 6.07) is 19.7. The number of phenols is 1. The summed E-state index contributed by atoms with van der Waals surface area (Å²) in [5.41, 5.74) is -0.472. The lowest BCUT2D eigenvalue weighted by atomic mass is 10.1. The molecule has 0 aliphatic rings. The maximum Gasteiger partial charge on any atom is 0.315 e. The monoisotopic (exact) mass is 431 g/mol. The number of hydrogen-bond donors (Lipinski definition) is 2. The highest BCUT2D eigenvalue weighted by atomic mass is 16.6. The summed E-state index contributed by atoms with van der Waals surface area (Å²) in [6.45, 7) is 0. The zero-order valence-corrected chi connectivity index (χ0v) is 16.8. The third-order valence-corrected chi connectivity index (χ3v) is 4.28. The summed E-state index contributed by atoms with van der Waals surface area (Å²) >= 11 is 0. The van der Waals surface area contributed by atoms with Crippen LogP contribution in [0.4, 0.5) is 11.4 Å². The largest absolute Gasteiger partial charge is 0.500 e. The quantitative estimate of drug-likeness (QED) is 0.241. The lowest BCUT2D eigenvalue weighted by Gasteiger charge is -2.12. The number of benzene rings is 3. The number of nitriles is 1. The van der Waals surface area contributed by atoms with E-state index in [9.17, 15) is 25.3 Å². The molecule has 0 unspecified atom stereocenters. The highest BCUT2D eigenvalue weighted by Gasteiger charge is 2.20. The molecule has 3 rings (SSSR count). The Balaban J connectivity index is 1.90. The first kappa shape index (κ1) is 21.9. The fourth-order valence-corrected chi connectivity index (χ4v) is 2.77. The van der Waals surface area contributed by atoms with Crippen LogP contribution in [0.2, 0.25) is 0 Å². The summed E-state index contributed by atoms with van der Waals surface area (Å²) in [4.78, 5) is 23.1. The lowest BCUT2D eigenvalue weighted by Crippen LogP contribution is -2.14. The van der Waals surface area contributed by atoms with Crippen molar-refractivity contribution in [3.8, 4) is 29.1 Å². The van der Waals surface area contributed by atoms with Gasteiger partial charge in [-0.1, -0.05) is 30.3 Å². The number of methoxy groups -OCH3 is 1. The SMILES string of the molecule is COc1cc(/C=C(\C#N)C(=O)Nc2ccccc2Oc2ccccc2)cc([N+](=O)[O-])c1O. The van der Waals surface area contributed by atoms with E-state index in [2.05, 4.69) is 5.32 Å². The van der Waals surface area contributed by atoms with Crippen LogP contribution in [0.25, 0.3) is 6.08 Å². The standard InChI is InChI=1S/C23H17N3O6/c1-31-21-13-15(12-19(22(21)27)26(29)30)11-16(14-24)23(28)25-18-9-5-6-10-20(18)32-17-7-3-2-4-8-17/h2-13,27H,1H3,(H,25,28)/b16-11+. The third-order valence-electron chi connectivity index (χ3n) is 4.28. The van der Waals surface area contributed by atoms with Gasteiger partial charge in [0.15, 0.2) is 11.5 Å². The molecule has 0 spiro atoms. The van der Waals surface area contributed by atoms with Crippen molar-refractivity contribution < 1.29 is 24.3 Å². The third kappa shape index (κ3) is 5.01. The Morgan fingerprint density at radius 3 is 2.47 bits per heavy atom. The van der Waals surface area contributed by atoms with Crippen molar-refractivity contribution in [1.29, 1.82) is 5.26 Å². The Bertz CT molecular complexity index is 1230. The second-order valence-electron chi connectivity index (χ2n) is 6.38. The number of nitrogens with zero attached hydrogens (tertiary/aromatic N) is 2. The van der Waals surface area contributed by atoms with Gasteiger partial charge in [-0.3, -0.25) is 14.9 Å². The van der Waals surface area contributed by atoms with E-state index in [1.807, 2.05) is 6.07 Å². The molecule has 0 saturated carbocycles. The molecular weight excluding hydrogens is 414 g/mol. The number of para-hydroxylation sites is 3. The van der Waals surface area contributed by atoms with E-state index in [0.29, 0.717) is 17.2 Å². The van der Waals surface area contributed by atoms with Gasteiger partial charge in [0.05, 0.1) is 17.7 Å². The molecule has 0 aliphatic heterocycles. The van der Waals surface area contributed by atoms with Crippen LogP contribution in [0.5, 0.6) is 23.0 Å². The average molecular weight is 431 g/mol. The number of nitro benzene ring substituents is 1. The Morgan fingerprint density at radius 1 is 1.12 bits per heavy atom. The van der Waals surface area contributed by atoms with E-state index in [4.69, 9.17) is 9.47 Å². The zero-order chi connectivity index (χ0) is 23.1. The van der Waals surface area contributed by atoms with Crippen molar-refractivity contribution in [1.82, 2.24) is 0 Å². The Hall–Kier alpha value is -4.84. The van der Waals surface area contributed by atoms with Gasteiger partial charge >= 0.3 is 5.69 Å². The van der Waals surface area contributed by atoms with Gasteiger partial charge in [-0.05, 0) is 42.0 Å². The number of rotatable bonds is 7. The van der Waals surface area contributed by atoms with Crippen LogP contribution in [-0.4, -0.2) is 23.0 Å². The van der Waals surface area contributed by atoms with Crippen molar-refractivity contribution in [2.24, 2.45) is 0 Å². The van der Waals surface area contributed by atoms with Gasteiger partial charge in [0.2, 0.25) is 5.75 Å². The number of anilines is 1. The van der Waals surface area contributed by atoms with E-state index in [-0.39, 0.29) is 16.9 Å². The minimum atomic E-state index is -0.793. The molecule has 0 heterocycles. The van der Waals surface area contributed by atoms with Crippen LogP contribution < -0.4 is 14.8 Å². The molecule has 0 fully saturated rings. The van der Waals surface area contributed by atoms with Gasteiger partial charge < -0.3 is 19.9 Å². The Morgan fingerprint density at radius 2 is 1.81 bits per heavy atom. The predicted octanol–water partition coefficient (Wildman–Crippen LogP) is 4.65. The van der Waals surface area contributed by atoms with Crippen molar-refractivity contribution in [2.45, 2.75) is 0 Å². The van der Waals surface area contributed by atoms with Crippen LogP contribution in [0.15, 0.2) is 72.3 Å². The van der Waals surface area contributed by atoms with Gasteiger partial charge in [0.25, 0.3) is 5.91 Å². The predicted molar refractivity (Wildman–Crippen MR) is 116 cm³/mol. The molecule has 0 radical (unpaired) electrons. The number of hydrogen-bond acceptors (Lipinski definition) is 7. The van der Waals surface area contributed by atoms with Crippen LogP contribution in [0.1, 0.15) is 5.56 Å². The topological polar surface area (TPSA) is 135 Å². The zero-order valence-electron chi connectivity index (χ0n) is 16.8. The first-order valence-corrected chi connectivity index (χ1v) is 9.23. The molecule has 0 atom stereocenters. The average Bonchev–Trinajstić information content (AvgIpc) is 2.80. The summed E-state index contributed by atoms with van der Waals surface area (Å²) < 4.78 is 10.7. The Kier molecular flexibility index (Phi) is 6.68. The molecule has 0 bridgehead atoms. The molecule has 0 aliphatic carbocycles. The molecule has 3 aromatic carbocycles. The molecule has 3 aromatic rings. The molecule has 0 aromatic heterocycles. The van der Waals surface area contributed by atoms with Gasteiger partial charge in [0, 0.05) is 6.07 Å². The minimum Gasteiger partial charge on any atom is -0.500 e. The van der Waals surface area contributed by atoms with E-state index in [1.165, 1.54) is 13.2 Å². The maximum atomic E-state index is 12.7. The summed E-state index contributed by atoms with van der Waals surface area (Å²) in [5.74, 6) is -0.624. The number of ether oxygens (including phenoxy) is 2. The lowest BCUT2D eigenvalue weighted by molar-refractivity contribution is -0.386. The van der Waals surface area contributed by atoms with E-state index in [1.54, 1.807) is 54.6 Å². The molecule has 9 heteroatoms. The van der Waals surface area contributed by atoms with E-state index < -0.39 is 22.3 Å². The Labute approximate surface area is 182 Å². The number of nitro groups is 1. The van der Waals surface area contributed by atoms with Crippen molar-refractivity contribution >= 4 is 23.4 Å². The van der Waals surface area contributed by atoms with Crippen LogP contribution >= 0.6 is 0 Å². The normalized spacial score (nSPS) is 10.7. The molecule has 1 amide bonds. The first-order chi connectivity index (χ1) is 15.4. The highest BCUT2D eigenvalue weighted by Crippen LogP contribution is 2.37. The molecular formula is C23H17N3O6. The number of phenolic OH excluding ortho intramolecular Hbond substituents is 1. The first-order valence-electron chi connectivity index (χ1n) is 9.23. The fourth-order valence-electron chi connectivity index (χ4n) is 2.77. The van der Waals surface area contributed by atoms with Crippen molar-refractivity contribution in [3.05, 3.63) is 88.0 Å². The summed E-state index contributed by atoms with van der Waals surface area (Å²) in [7, 11) is 1.23. The fraction of sp³-hybridized carbons (Fsp3) is 0.0435. The summed E-state index contributed by atoms with van der Waals surface area (Å²) in [6.07, 6.45) is 1.16. The number of amides is 1. The van der Waals surface area contributed by atoms with Gasteiger partial charge in [-0.2, -0.15) is 5.26 Å². The van der Waals surface area contributed by atoms with E-state index >= 15 is 0 Å². The molecule has 0 saturated heterocycles. The van der Waals surface area contributed by atoms with Crippen molar-refractivity contribution in [3.63, 3.8) is 0 Å². The highest BCUT2D eigenvalue weighted by molar-refractivity contribution is 6.10. The maximum absolute atomic E-state index is 12.7. The number of carbonyl (C=O) groups is 1. The van der Waals surface area contributed by atoms with Gasteiger partial charge in [0.1, 0.15) is 17.4 Å². The van der Waals surface area contributed by atoms with Gasteiger partial charge in [-0.15, -0.1) is 0 Å².